The van der Waals surface area contributed by atoms with Gasteiger partial charge in [0.1, 0.15) is 0 Å². The predicted octanol–water partition coefficient (Wildman–Crippen LogP) is 2.87. The Kier molecular flexibility index (Phi) is 2.55. The van der Waals surface area contributed by atoms with Crippen molar-refractivity contribution in [3.05, 3.63) is 12.7 Å². The molecule has 0 unspecified atom stereocenters. The van der Waals surface area contributed by atoms with Gasteiger partial charge in [0.2, 0.25) is 5.91 Å². The van der Waals surface area contributed by atoms with E-state index in [1.165, 1.54) is 6.42 Å². The Hall–Kier alpha value is -0.500. The molecule has 0 aromatic heterocycles. The number of alkyl halides is 1. The molecule has 0 radical (unpaired) electrons. The van der Waals surface area contributed by atoms with Crippen LogP contribution in [0.15, 0.2) is 12.7 Å². The lowest BCUT2D eigenvalue weighted by Crippen LogP contribution is -2.58. The lowest BCUT2D eigenvalue weighted by atomic mass is 9.49. The van der Waals surface area contributed by atoms with E-state index in [4.69, 9.17) is 11.6 Å². The van der Waals surface area contributed by atoms with Gasteiger partial charge < -0.3 is 5.32 Å². The number of nitrogens with one attached hydrogen (secondary N) is 1. The van der Waals surface area contributed by atoms with E-state index >= 15 is 0 Å². The smallest absolute Gasteiger partial charge is 0.226 e. The highest BCUT2D eigenvalue weighted by atomic mass is 35.5. The second-order valence-electron chi connectivity index (χ2n) is 6.39. The molecule has 0 aromatic rings. The van der Waals surface area contributed by atoms with Crippen LogP contribution in [-0.2, 0) is 4.79 Å². The van der Waals surface area contributed by atoms with Gasteiger partial charge in [0.25, 0.3) is 0 Å². The Bertz CT molecular complexity index is 351. The summed E-state index contributed by atoms with van der Waals surface area (Å²) in [5.74, 6) is 1.59. The fourth-order valence-corrected chi connectivity index (χ4v) is 5.46. The second-order valence-corrected chi connectivity index (χ2v) is 7.19. The number of hydrogen-bond donors (Lipinski definition) is 1. The second kappa shape index (κ2) is 3.74. The summed E-state index contributed by atoms with van der Waals surface area (Å²) >= 11 is 6.70. The summed E-state index contributed by atoms with van der Waals surface area (Å²) in [5.41, 5.74) is -0.158. The quantitative estimate of drug-likeness (QED) is 0.608. The molecule has 1 amide bonds. The molecule has 17 heavy (non-hydrogen) atoms. The maximum atomic E-state index is 12.4. The fourth-order valence-electron chi connectivity index (χ4n) is 4.77. The first-order chi connectivity index (χ1) is 8.05. The summed E-state index contributed by atoms with van der Waals surface area (Å²) in [6, 6.07) is 0. The van der Waals surface area contributed by atoms with E-state index in [1.807, 2.05) is 0 Å². The summed E-state index contributed by atoms with van der Waals surface area (Å²) in [4.78, 5) is 12.3. The molecule has 4 aliphatic carbocycles. The summed E-state index contributed by atoms with van der Waals surface area (Å²) in [7, 11) is 0. The SMILES string of the molecule is C=CCNC(=O)C12C[C@H]3C[C@@H](CC(Cl)(C3)C1)C2. The highest BCUT2D eigenvalue weighted by Crippen LogP contribution is 2.63. The van der Waals surface area contributed by atoms with Crippen LogP contribution < -0.4 is 5.32 Å². The van der Waals surface area contributed by atoms with Gasteiger partial charge in [-0.05, 0) is 50.4 Å². The van der Waals surface area contributed by atoms with E-state index in [1.54, 1.807) is 6.08 Å². The van der Waals surface area contributed by atoms with E-state index in [9.17, 15) is 4.79 Å². The Morgan fingerprint density at radius 1 is 1.35 bits per heavy atom. The normalized spacial score (nSPS) is 46.9. The maximum Gasteiger partial charge on any atom is 0.226 e. The number of carbonyl (C=O) groups is 1. The average molecular weight is 254 g/mol. The minimum absolute atomic E-state index is 0.0738. The van der Waals surface area contributed by atoms with Crippen LogP contribution in [-0.4, -0.2) is 17.3 Å². The van der Waals surface area contributed by atoms with Crippen LogP contribution >= 0.6 is 11.6 Å². The van der Waals surface area contributed by atoms with Crippen LogP contribution in [0.2, 0.25) is 0 Å². The van der Waals surface area contributed by atoms with Crippen molar-refractivity contribution in [1.82, 2.24) is 5.32 Å². The van der Waals surface area contributed by atoms with Crippen LogP contribution in [0, 0.1) is 17.3 Å². The molecule has 94 valence electrons. The molecule has 3 heteroatoms. The summed E-state index contributed by atoms with van der Waals surface area (Å²) in [6.45, 7) is 4.23. The van der Waals surface area contributed by atoms with Gasteiger partial charge in [-0.1, -0.05) is 6.08 Å². The summed E-state index contributed by atoms with van der Waals surface area (Å²) < 4.78 is 0. The molecule has 2 nitrogen and oxygen atoms in total. The molecule has 0 aromatic carbocycles. The van der Waals surface area contributed by atoms with Crippen molar-refractivity contribution >= 4 is 17.5 Å². The zero-order chi connectivity index (χ0) is 12.1. The van der Waals surface area contributed by atoms with Crippen molar-refractivity contribution in [2.75, 3.05) is 6.54 Å². The van der Waals surface area contributed by atoms with E-state index in [0.717, 1.165) is 32.1 Å². The number of carbonyl (C=O) groups excluding carboxylic acids is 1. The molecule has 1 N–H and O–H groups in total. The van der Waals surface area contributed by atoms with Gasteiger partial charge in [0, 0.05) is 11.4 Å². The zero-order valence-corrected chi connectivity index (χ0v) is 10.9. The molecule has 4 saturated carbocycles. The lowest BCUT2D eigenvalue weighted by molar-refractivity contribution is -0.144. The molecule has 4 aliphatic rings. The minimum Gasteiger partial charge on any atom is -0.352 e. The molecule has 4 bridgehead atoms. The third-order valence-electron chi connectivity index (χ3n) is 4.88. The fraction of sp³-hybridized carbons (Fsp3) is 0.786. The van der Waals surface area contributed by atoms with Crippen molar-refractivity contribution in [3.8, 4) is 0 Å². The van der Waals surface area contributed by atoms with Crippen LogP contribution in [0.3, 0.4) is 0 Å². The number of hydrogen-bond acceptors (Lipinski definition) is 1. The molecule has 4 rings (SSSR count). The van der Waals surface area contributed by atoms with Gasteiger partial charge in [0.05, 0.1) is 5.41 Å². The molecular formula is C14H20ClNO. The standard InChI is InChI=1S/C14H20ClNO/c1-2-3-16-12(17)13-5-10-4-11(6-13)8-14(15,7-10)9-13/h2,10-11H,1,3-9H2,(H,16,17)/t10-,11-,13?,14?/m1/s1. The number of amides is 1. The van der Waals surface area contributed by atoms with Gasteiger partial charge in [-0.15, -0.1) is 18.2 Å². The monoisotopic (exact) mass is 253 g/mol. The number of halogens is 1. The highest BCUT2D eigenvalue weighted by molar-refractivity contribution is 6.24. The highest BCUT2D eigenvalue weighted by Gasteiger charge is 2.59. The van der Waals surface area contributed by atoms with E-state index < -0.39 is 0 Å². The average Bonchev–Trinajstić information content (AvgIpc) is 2.22. The van der Waals surface area contributed by atoms with E-state index in [0.29, 0.717) is 18.4 Å². The van der Waals surface area contributed by atoms with Crippen LogP contribution in [0.25, 0.3) is 0 Å². The van der Waals surface area contributed by atoms with Crippen LogP contribution in [0.1, 0.15) is 38.5 Å². The molecular weight excluding hydrogens is 234 g/mol. The van der Waals surface area contributed by atoms with Crippen molar-refractivity contribution in [1.29, 1.82) is 0 Å². The third kappa shape index (κ3) is 1.81. The molecule has 0 aliphatic heterocycles. The summed E-state index contributed by atoms with van der Waals surface area (Å²) in [6.07, 6.45) is 8.29. The van der Waals surface area contributed by atoms with Crippen molar-refractivity contribution in [2.24, 2.45) is 17.3 Å². The van der Waals surface area contributed by atoms with Crippen molar-refractivity contribution in [3.63, 3.8) is 0 Å². The first kappa shape index (κ1) is 11.6. The minimum atomic E-state index is -0.158. The molecule has 4 fully saturated rings. The predicted molar refractivity (Wildman–Crippen MR) is 68.9 cm³/mol. The first-order valence-corrected chi connectivity index (χ1v) is 7.01. The summed E-state index contributed by atoms with van der Waals surface area (Å²) in [5, 5.41) is 2.99. The number of rotatable bonds is 3. The van der Waals surface area contributed by atoms with E-state index in [-0.39, 0.29) is 16.2 Å². The van der Waals surface area contributed by atoms with Crippen molar-refractivity contribution in [2.45, 2.75) is 43.4 Å². The third-order valence-corrected chi connectivity index (χ3v) is 5.32. The molecule has 0 saturated heterocycles. The molecule has 0 heterocycles. The van der Waals surface area contributed by atoms with Gasteiger partial charge in [-0.25, -0.2) is 0 Å². The Morgan fingerprint density at radius 3 is 2.53 bits per heavy atom. The Labute approximate surface area is 108 Å². The molecule has 0 spiro atoms. The largest absolute Gasteiger partial charge is 0.352 e. The topological polar surface area (TPSA) is 29.1 Å². The Balaban J connectivity index is 1.83. The van der Waals surface area contributed by atoms with Gasteiger partial charge in [-0.3, -0.25) is 4.79 Å². The zero-order valence-electron chi connectivity index (χ0n) is 10.2. The maximum absolute atomic E-state index is 12.4. The van der Waals surface area contributed by atoms with Gasteiger partial charge in [0.15, 0.2) is 0 Å². The van der Waals surface area contributed by atoms with Crippen LogP contribution in [0.5, 0.6) is 0 Å². The van der Waals surface area contributed by atoms with Crippen LogP contribution in [0.4, 0.5) is 0 Å². The van der Waals surface area contributed by atoms with Gasteiger partial charge in [-0.2, -0.15) is 0 Å². The van der Waals surface area contributed by atoms with Crippen molar-refractivity contribution < 1.29 is 4.79 Å². The molecule has 2 atom stereocenters. The lowest BCUT2D eigenvalue weighted by Gasteiger charge is -2.59. The first-order valence-electron chi connectivity index (χ1n) is 6.63. The van der Waals surface area contributed by atoms with E-state index in [2.05, 4.69) is 11.9 Å². The van der Waals surface area contributed by atoms with Gasteiger partial charge >= 0.3 is 0 Å². The Morgan fingerprint density at radius 2 is 2.00 bits per heavy atom.